The summed E-state index contributed by atoms with van der Waals surface area (Å²) >= 11 is 13.4. The first-order valence-corrected chi connectivity index (χ1v) is 8.45. The number of nitrogens with one attached hydrogen (secondary N) is 1. The van der Waals surface area contributed by atoms with Gasteiger partial charge in [0.05, 0.1) is 17.9 Å². The molecule has 0 bridgehead atoms. The smallest absolute Gasteiger partial charge is 0.234 e. The van der Waals surface area contributed by atoms with Crippen molar-refractivity contribution in [3.05, 3.63) is 58.1 Å². The highest BCUT2D eigenvalue weighted by Crippen LogP contribution is 2.27. The standard InChI is InChI=1S/C16H15Cl2NO2S/c1-21-15-7-6-13(8-14(15)18)19-16(20)10-22-9-11-2-4-12(17)5-3-11/h2-8H,9-10H2,1H3,(H,19,20). The van der Waals surface area contributed by atoms with Gasteiger partial charge in [-0.25, -0.2) is 0 Å². The molecule has 2 aromatic rings. The van der Waals surface area contributed by atoms with Crippen LogP contribution in [0.3, 0.4) is 0 Å². The molecule has 2 rings (SSSR count). The SMILES string of the molecule is COc1ccc(NC(=O)CSCc2ccc(Cl)cc2)cc1Cl. The van der Waals surface area contributed by atoms with Gasteiger partial charge in [-0.1, -0.05) is 35.3 Å². The van der Waals surface area contributed by atoms with E-state index < -0.39 is 0 Å². The lowest BCUT2D eigenvalue weighted by Gasteiger charge is -2.08. The van der Waals surface area contributed by atoms with Crippen molar-refractivity contribution in [3.63, 3.8) is 0 Å². The van der Waals surface area contributed by atoms with E-state index in [-0.39, 0.29) is 5.91 Å². The Labute approximate surface area is 144 Å². The van der Waals surface area contributed by atoms with Crippen LogP contribution in [0.15, 0.2) is 42.5 Å². The molecular formula is C16H15Cl2NO2S. The van der Waals surface area contributed by atoms with Gasteiger partial charge in [0.2, 0.25) is 5.91 Å². The van der Waals surface area contributed by atoms with Crippen LogP contribution >= 0.6 is 35.0 Å². The maximum atomic E-state index is 11.9. The van der Waals surface area contributed by atoms with Crippen molar-refractivity contribution in [3.8, 4) is 5.75 Å². The third kappa shape index (κ3) is 5.13. The fourth-order valence-corrected chi connectivity index (χ4v) is 2.95. The summed E-state index contributed by atoms with van der Waals surface area (Å²) in [6.07, 6.45) is 0. The first kappa shape index (κ1) is 17.0. The van der Waals surface area contributed by atoms with Crippen molar-refractivity contribution >= 4 is 46.6 Å². The predicted molar refractivity (Wildman–Crippen MR) is 94.2 cm³/mol. The Hall–Kier alpha value is -1.36. The molecule has 0 aliphatic carbocycles. The number of methoxy groups -OCH3 is 1. The van der Waals surface area contributed by atoms with Crippen molar-refractivity contribution < 1.29 is 9.53 Å². The first-order valence-electron chi connectivity index (χ1n) is 6.54. The summed E-state index contributed by atoms with van der Waals surface area (Å²) < 4.78 is 5.07. The minimum Gasteiger partial charge on any atom is -0.495 e. The molecule has 0 spiro atoms. The van der Waals surface area contributed by atoms with Crippen molar-refractivity contribution in [2.75, 3.05) is 18.2 Å². The van der Waals surface area contributed by atoms with Crippen molar-refractivity contribution in [1.29, 1.82) is 0 Å². The highest BCUT2D eigenvalue weighted by molar-refractivity contribution is 7.99. The normalized spacial score (nSPS) is 10.3. The Morgan fingerprint density at radius 2 is 1.91 bits per heavy atom. The zero-order valence-electron chi connectivity index (χ0n) is 11.9. The summed E-state index contributed by atoms with van der Waals surface area (Å²) in [5, 5.41) is 3.99. The molecule has 116 valence electrons. The number of halogens is 2. The van der Waals surface area contributed by atoms with Gasteiger partial charge in [-0.15, -0.1) is 11.8 Å². The summed E-state index contributed by atoms with van der Waals surface area (Å²) in [5.74, 6) is 1.64. The van der Waals surface area contributed by atoms with Crippen LogP contribution in [0, 0.1) is 0 Å². The lowest BCUT2D eigenvalue weighted by atomic mass is 10.2. The molecule has 0 saturated heterocycles. The molecule has 0 aliphatic heterocycles. The van der Waals surface area contributed by atoms with Gasteiger partial charge in [-0.3, -0.25) is 4.79 Å². The average molecular weight is 356 g/mol. The molecule has 0 radical (unpaired) electrons. The Bertz CT molecular complexity index is 647. The average Bonchev–Trinajstić information content (AvgIpc) is 2.49. The van der Waals surface area contributed by atoms with E-state index in [1.54, 1.807) is 25.3 Å². The molecule has 1 amide bonds. The summed E-state index contributed by atoms with van der Waals surface area (Å²) in [6, 6.07) is 12.7. The summed E-state index contributed by atoms with van der Waals surface area (Å²) in [7, 11) is 1.55. The molecule has 0 unspecified atom stereocenters. The van der Waals surface area contributed by atoms with Gasteiger partial charge in [-0.2, -0.15) is 0 Å². The van der Waals surface area contributed by atoms with Crippen molar-refractivity contribution in [2.24, 2.45) is 0 Å². The van der Waals surface area contributed by atoms with Crippen LogP contribution in [0.5, 0.6) is 5.75 Å². The van der Waals surface area contributed by atoms with E-state index in [1.165, 1.54) is 11.8 Å². The number of thioether (sulfide) groups is 1. The highest BCUT2D eigenvalue weighted by Gasteiger charge is 2.06. The van der Waals surface area contributed by atoms with Crippen LogP contribution in [-0.2, 0) is 10.5 Å². The molecule has 1 N–H and O–H groups in total. The molecule has 0 atom stereocenters. The van der Waals surface area contributed by atoms with Crippen LogP contribution in [0.1, 0.15) is 5.56 Å². The Morgan fingerprint density at radius 3 is 2.55 bits per heavy atom. The lowest BCUT2D eigenvalue weighted by molar-refractivity contribution is -0.113. The molecule has 0 aromatic heterocycles. The maximum absolute atomic E-state index is 11.9. The second-order valence-corrected chi connectivity index (χ2v) is 6.35. The minimum atomic E-state index is -0.0693. The van der Waals surface area contributed by atoms with E-state index in [0.717, 1.165) is 11.3 Å². The number of benzene rings is 2. The number of rotatable bonds is 6. The van der Waals surface area contributed by atoms with Gasteiger partial charge in [0.25, 0.3) is 0 Å². The summed E-state index contributed by atoms with van der Waals surface area (Å²) in [5.41, 5.74) is 1.79. The van der Waals surface area contributed by atoms with Gasteiger partial charge in [0.15, 0.2) is 0 Å². The third-order valence-electron chi connectivity index (χ3n) is 2.85. The number of hydrogen-bond donors (Lipinski definition) is 1. The van der Waals surface area contributed by atoms with Gasteiger partial charge in [0.1, 0.15) is 5.75 Å². The van der Waals surface area contributed by atoms with Crippen molar-refractivity contribution in [2.45, 2.75) is 5.75 Å². The van der Waals surface area contributed by atoms with Gasteiger partial charge < -0.3 is 10.1 Å². The van der Waals surface area contributed by atoms with Gasteiger partial charge in [0, 0.05) is 16.5 Å². The van der Waals surface area contributed by atoms with Gasteiger partial charge in [-0.05, 0) is 35.9 Å². The molecular weight excluding hydrogens is 341 g/mol. The number of amides is 1. The molecule has 0 heterocycles. The zero-order chi connectivity index (χ0) is 15.9. The Balaban J connectivity index is 1.80. The second-order valence-electron chi connectivity index (χ2n) is 4.52. The van der Waals surface area contributed by atoms with Gasteiger partial charge >= 0.3 is 0 Å². The number of ether oxygens (including phenoxy) is 1. The van der Waals surface area contributed by atoms with Crippen LogP contribution in [0.25, 0.3) is 0 Å². The predicted octanol–water partition coefficient (Wildman–Crippen LogP) is 4.87. The van der Waals surface area contributed by atoms with E-state index in [9.17, 15) is 4.79 Å². The quantitative estimate of drug-likeness (QED) is 0.802. The Kier molecular flexibility index (Phi) is 6.43. The van der Waals surface area contributed by atoms with Crippen molar-refractivity contribution in [1.82, 2.24) is 0 Å². The van der Waals surface area contributed by atoms with E-state index in [1.807, 2.05) is 24.3 Å². The number of carbonyl (C=O) groups is 1. The van der Waals surface area contributed by atoms with Crippen LogP contribution < -0.4 is 10.1 Å². The summed E-state index contributed by atoms with van der Waals surface area (Å²) in [4.78, 5) is 11.9. The second kappa shape index (κ2) is 8.32. The number of hydrogen-bond acceptors (Lipinski definition) is 3. The lowest BCUT2D eigenvalue weighted by Crippen LogP contribution is -2.14. The zero-order valence-corrected chi connectivity index (χ0v) is 14.3. The molecule has 6 heteroatoms. The maximum Gasteiger partial charge on any atom is 0.234 e. The molecule has 0 fully saturated rings. The van der Waals surface area contributed by atoms with Crippen LogP contribution in [0.2, 0.25) is 10.0 Å². The van der Waals surface area contributed by atoms with E-state index >= 15 is 0 Å². The monoisotopic (exact) mass is 355 g/mol. The molecule has 22 heavy (non-hydrogen) atoms. The minimum absolute atomic E-state index is 0.0693. The fraction of sp³-hybridized carbons (Fsp3) is 0.188. The molecule has 0 saturated carbocycles. The fourth-order valence-electron chi connectivity index (χ4n) is 1.78. The van der Waals surface area contributed by atoms with Crippen LogP contribution in [0.4, 0.5) is 5.69 Å². The summed E-state index contributed by atoms with van der Waals surface area (Å²) in [6.45, 7) is 0. The highest BCUT2D eigenvalue weighted by atomic mass is 35.5. The Morgan fingerprint density at radius 1 is 1.18 bits per heavy atom. The topological polar surface area (TPSA) is 38.3 Å². The van der Waals surface area contributed by atoms with E-state index in [0.29, 0.717) is 27.2 Å². The largest absolute Gasteiger partial charge is 0.495 e. The van der Waals surface area contributed by atoms with Crippen LogP contribution in [-0.4, -0.2) is 18.8 Å². The molecule has 3 nitrogen and oxygen atoms in total. The molecule has 0 aliphatic rings. The molecule has 2 aromatic carbocycles. The number of carbonyl (C=O) groups excluding carboxylic acids is 1. The number of anilines is 1. The third-order valence-corrected chi connectivity index (χ3v) is 4.40. The van der Waals surface area contributed by atoms with E-state index in [2.05, 4.69) is 5.32 Å². The van der Waals surface area contributed by atoms with E-state index in [4.69, 9.17) is 27.9 Å². The first-order chi connectivity index (χ1) is 10.6.